The Hall–Kier alpha value is -3.07. The van der Waals surface area contributed by atoms with Gasteiger partial charge in [-0.05, 0) is 47.7 Å². The molecule has 0 bridgehead atoms. The smallest absolute Gasteiger partial charge is 0.268 e. The van der Waals surface area contributed by atoms with Crippen LogP contribution >= 0.6 is 0 Å². The van der Waals surface area contributed by atoms with Crippen LogP contribution in [0.4, 0.5) is 5.69 Å². The van der Waals surface area contributed by atoms with Crippen LogP contribution in [0.5, 0.6) is 5.75 Å². The van der Waals surface area contributed by atoms with Crippen LogP contribution in [-0.2, 0) is 11.2 Å². The molecule has 1 atom stereocenters. The van der Waals surface area contributed by atoms with Crippen molar-refractivity contribution in [2.45, 2.75) is 25.9 Å². The number of carbonyl (C=O) groups excluding carboxylic acids is 1. The van der Waals surface area contributed by atoms with Crippen molar-refractivity contribution in [3.8, 4) is 16.9 Å². The van der Waals surface area contributed by atoms with Crippen molar-refractivity contribution in [1.29, 1.82) is 0 Å². The third kappa shape index (κ3) is 3.59. The fraction of sp³-hybridized carbons (Fsp3) is 0.208. The molecule has 0 aromatic heterocycles. The maximum atomic E-state index is 13.0. The minimum Gasteiger partial charge on any atom is -0.481 e. The third-order valence-electron chi connectivity index (χ3n) is 5.04. The standard InChI is InChI=1S/C24H23NO2/c1-2-23(24(26)25-17-16-20-10-6-7-11-22(20)25)27-21-14-12-19(13-15-21)18-8-4-3-5-9-18/h3-15,23H,2,16-17H2,1H3/t23-/m0/s1. The predicted molar refractivity (Wildman–Crippen MR) is 109 cm³/mol. The lowest BCUT2D eigenvalue weighted by Gasteiger charge is -2.24. The van der Waals surface area contributed by atoms with E-state index in [-0.39, 0.29) is 5.91 Å². The van der Waals surface area contributed by atoms with Crippen LogP contribution in [-0.4, -0.2) is 18.6 Å². The summed E-state index contributed by atoms with van der Waals surface area (Å²) in [5, 5.41) is 0. The second-order valence-electron chi connectivity index (χ2n) is 6.77. The molecule has 0 saturated carbocycles. The zero-order valence-corrected chi connectivity index (χ0v) is 15.5. The molecule has 1 aliphatic heterocycles. The maximum absolute atomic E-state index is 13.0. The molecule has 3 aromatic rings. The second kappa shape index (κ2) is 7.67. The molecule has 0 spiro atoms. The minimum absolute atomic E-state index is 0.0367. The molecule has 1 heterocycles. The summed E-state index contributed by atoms with van der Waals surface area (Å²) in [5.41, 5.74) is 4.55. The molecule has 3 heteroatoms. The minimum atomic E-state index is -0.473. The number of anilines is 1. The first-order valence-electron chi connectivity index (χ1n) is 9.47. The highest BCUT2D eigenvalue weighted by atomic mass is 16.5. The van der Waals surface area contributed by atoms with E-state index in [1.54, 1.807) is 0 Å². The lowest BCUT2D eigenvalue weighted by molar-refractivity contribution is -0.125. The first-order chi connectivity index (χ1) is 13.3. The van der Waals surface area contributed by atoms with Gasteiger partial charge in [0.05, 0.1) is 0 Å². The molecule has 1 aliphatic rings. The molecular weight excluding hydrogens is 334 g/mol. The Morgan fingerprint density at radius 3 is 2.33 bits per heavy atom. The molecule has 136 valence electrons. The molecule has 0 unspecified atom stereocenters. The lowest BCUT2D eigenvalue weighted by Crippen LogP contribution is -2.41. The summed E-state index contributed by atoms with van der Waals surface area (Å²) in [6.45, 7) is 2.72. The number of hydrogen-bond donors (Lipinski definition) is 0. The van der Waals surface area contributed by atoms with Crippen LogP contribution in [0.3, 0.4) is 0 Å². The number of hydrogen-bond acceptors (Lipinski definition) is 2. The molecular formula is C24H23NO2. The van der Waals surface area contributed by atoms with Gasteiger partial charge in [-0.1, -0.05) is 67.6 Å². The summed E-state index contributed by atoms with van der Waals surface area (Å²) in [6, 6.07) is 26.3. The van der Waals surface area contributed by atoms with Crippen LogP contribution in [0.1, 0.15) is 18.9 Å². The molecule has 0 N–H and O–H groups in total. The van der Waals surface area contributed by atoms with Crippen molar-refractivity contribution in [3.63, 3.8) is 0 Å². The van der Waals surface area contributed by atoms with E-state index in [9.17, 15) is 4.79 Å². The van der Waals surface area contributed by atoms with Gasteiger partial charge in [-0.15, -0.1) is 0 Å². The summed E-state index contributed by atoms with van der Waals surface area (Å²) in [5.74, 6) is 0.761. The van der Waals surface area contributed by atoms with E-state index >= 15 is 0 Å². The van der Waals surface area contributed by atoms with Gasteiger partial charge < -0.3 is 9.64 Å². The number of rotatable bonds is 5. The molecule has 0 aliphatic carbocycles. The molecule has 27 heavy (non-hydrogen) atoms. The highest BCUT2D eigenvalue weighted by molar-refractivity contribution is 5.98. The number of amides is 1. The topological polar surface area (TPSA) is 29.5 Å². The van der Waals surface area contributed by atoms with E-state index < -0.39 is 6.10 Å². The van der Waals surface area contributed by atoms with Gasteiger partial charge in [-0.3, -0.25) is 4.79 Å². The third-order valence-corrected chi connectivity index (χ3v) is 5.04. The van der Waals surface area contributed by atoms with Gasteiger partial charge in [-0.2, -0.15) is 0 Å². The Kier molecular flexibility index (Phi) is 4.93. The Balaban J connectivity index is 1.48. The van der Waals surface area contributed by atoms with E-state index in [4.69, 9.17) is 4.74 Å². The molecule has 0 radical (unpaired) electrons. The SMILES string of the molecule is CC[C@H](Oc1ccc(-c2ccccc2)cc1)C(=O)N1CCc2ccccc21. The first kappa shape index (κ1) is 17.3. The summed E-state index contributed by atoms with van der Waals surface area (Å²) in [6.07, 6.45) is 1.07. The normalized spacial score (nSPS) is 13.9. The Labute approximate surface area is 160 Å². The van der Waals surface area contributed by atoms with Crippen molar-refractivity contribution in [3.05, 3.63) is 84.4 Å². The quantitative estimate of drug-likeness (QED) is 0.636. The van der Waals surface area contributed by atoms with Crippen LogP contribution in [0.2, 0.25) is 0 Å². The zero-order valence-electron chi connectivity index (χ0n) is 15.5. The average Bonchev–Trinajstić information content (AvgIpc) is 3.17. The second-order valence-corrected chi connectivity index (χ2v) is 6.77. The number of carbonyl (C=O) groups is 1. The maximum Gasteiger partial charge on any atom is 0.268 e. The summed E-state index contributed by atoms with van der Waals surface area (Å²) >= 11 is 0. The fourth-order valence-corrected chi connectivity index (χ4v) is 3.57. The zero-order chi connectivity index (χ0) is 18.6. The Morgan fingerprint density at radius 2 is 1.59 bits per heavy atom. The molecule has 3 aromatic carbocycles. The largest absolute Gasteiger partial charge is 0.481 e. The highest BCUT2D eigenvalue weighted by Crippen LogP contribution is 2.29. The monoisotopic (exact) mass is 357 g/mol. The molecule has 3 nitrogen and oxygen atoms in total. The van der Waals surface area contributed by atoms with E-state index in [1.807, 2.05) is 72.5 Å². The van der Waals surface area contributed by atoms with Crippen molar-refractivity contribution in [2.75, 3.05) is 11.4 Å². The van der Waals surface area contributed by atoms with Gasteiger partial charge in [0.1, 0.15) is 5.75 Å². The van der Waals surface area contributed by atoms with Crippen molar-refractivity contribution in [2.24, 2.45) is 0 Å². The van der Waals surface area contributed by atoms with Crippen molar-refractivity contribution < 1.29 is 9.53 Å². The molecule has 0 fully saturated rings. The Morgan fingerprint density at radius 1 is 0.926 bits per heavy atom. The van der Waals surface area contributed by atoms with Crippen molar-refractivity contribution >= 4 is 11.6 Å². The van der Waals surface area contributed by atoms with Crippen LogP contribution in [0, 0.1) is 0 Å². The summed E-state index contributed by atoms with van der Waals surface area (Å²) < 4.78 is 6.05. The number of ether oxygens (including phenoxy) is 1. The van der Waals surface area contributed by atoms with E-state index in [2.05, 4.69) is 18.2 Å². The van der Waals surface area contributed by atoms with Gasteiger partial charge in [0.25, 0.3) is 5.91 Å². The number of fused-ring (bicyclic) bond motifs is 1. The van der Waals surface area contributed by atoms with E-state index in [0.717, 1.165) is 30.0 Å². The van der Waals surface area contributed by atoms with Crippen molar-refractivity contribution in [1.82, 2.24) is 0 Å². The lowest BCUT2D eigenvalue weighted by atomic mass is 10.1. The van der Waals surface area contributed by atoms with E-state index in [1.165, 1.54) is 11.1 Å². The average molecular weight is 357 g/mol. The summed E-state index contributed by atoms with van der Waals surface area (Å²) in [4.78, 5) is 14.9. The molecule has 1 amide bonds. The van der Waals surface area contributed by atoms with Gasteiger partial charge in [0, 0.05) is 12.2 Å². The van der Waals surface area contributed by atoms with E-state index in [0.29, 0.717) is 6.42 Å². The number of nitrogens with zero attached hydrogens (tertiary/aromatic N) is 1. The Bertz CT molecular complexity index is 919. The van der Waals surface area contributed by atoms with Gasteiger partial charge in [-0.25, -0.2) is 0 Å². The van der Waals surface area contributed by atoms with Crippen LogP contribution in [0.25, 0.3) is 11.1 Å². The predicted octanol–water partition coefficient (Wildman–Crippen LogP) is 5.10. The first-order valence-corrected chi connectivity index (χ1v) is 9.47. The number of para-hydroxylation sites is 1. The van der Waals surface area contributed by atoms with Crippen LogP contribution in [0.15, 0.2) is 78.9 Å². The van der Waals surface area contributed by atoms with Crippen LogP contribution < -0.4 is 9.64 Å². The van der Waals surface area contributed by atoms with Gasteiger partial charge in [0.2, 0.25) is 0 Å². The van der Waals surface area contributed by atoms with Gasteiger partial charge in [0.15, 0.2) is 6.10 Å². The molecule has 4 rings (SSSR count). The fourth-order valence-electron chi connectivity index (χ4n) is 3.57. The number of benzene rings is 3. The summed E-state index contributed by atoms with van der Waals surface area (Å²) in [7, 11) is 0. The molecule has 0 saturated heterocycles. The van der Waals surface area contributed by atoms with Gasteiger partial charge >= 0.3 is 0 Å². The highest BCUT2D eigenvalue weighted by Gasteiger charge is 2.30.